The summed E-state index contributed by atoms with van der Waals surface area (Å²) in [7, 11) is -3.63. The Hall–Kier alpha value is -2.18. The highest BCUT2D eigenvalue weighted by atomic mass is 32.2. The first kappa shape index (κ1) is 15.4. The van der Waals surface area contributed by atoms with Gasteiger partial charge in [0.1, 0.15) is 0 Å². The summed E-state index contributed by atoms with van der Waals surface area (Å²) in [6.45, 7) is 1.70. The molecule has 6 heteroatoms. The van der Waals surface area contributed by atoms with Crippen LogP contribution in [0.3, 0.4) is 0 Å². The number of hydrogen-bond donors (Lipinski definition) is 1. The number of aromatic nitrogens is 2. The van der Waals surface area contributed by atoms with Crippen LogP contribution in [0.25, 0.3) is 10.9 Å². The van der Waals surface area contributed by atoms with E-state index < -0.39 is 9.84 Å². The van der Waals surface area contributed by atoms with Crippen LogP contribution in [0, 0.1) is 0 Å². The van der Waals surface area contributed by atoms with Gasteiger partial charge in [-0.3, -0.25) is 4.68 Å². The molecule has 1 aliphatic rings. The number of benzene rings is 2. The first-order chi connectivity index (χ1) is 11.7. The number of hydrogen-bond acceptors (Lipinski definition) is 4. The first-order valence-corrected chi connectivity index (χ1v) is 9.63. The molecular weight excluding hydrogens is 322 g/mol. The Kier molecular flexibility index (Phi) is 3.86. The summed E-state index contributed by atoms with van der Waals surface area (Å²) in [5, 5.41) is 8.75. The third kappa shape index (κ3) is 2.61. The molecule has 1 aliphatic heterocycles. The third-order valence-electron chi connectivity index (χ3n) is 4.49. The number of para-hydroxylation sites is 1. The average molecular weight is 341 g/mol. The molecule has 24 heavy (non-hydrogen) atoms. The fraction of sp³-hybridized carbons (Fsp3) is 0.278. The van der Waals surface area contributed by atoms with Gasteiger partial charge in [0, 0.05) is 11.4 Å². The van der Waals surface area contributed by atoms with Crippen molar-refractivity contribution in [2.45, 2.75) is 35.3 Å². The Labute approximate surface area is 141 Å². The van der Waals surface area contributed by atoms with Crippen LogP contribution in [-0.4, -0.2) is 30.8 Å². The van der Waals surface area contributed by atoms with Gasteiger partial charge < -0.3 is 5.32 Å². The van der Waals surface area contributed by atoms with Crippen molar-refractivity contribution in [1.29, 1.82) is 0 Å². The topological polar surface area (TPSA) is 64.0 Å². The molecule has 0 spiro atoms. The van der Waals surface area contributed by atoms with Crippen molar-refractivity contribution in [3.63, 3.8) is 0 Å². The maximum absolute atomic E-state index is 13.0. The van der Waals surface area contributed by atoms with Gasteiger partial charge in [0.25, 0.3) is 0 Å². The quantitative estimate of drug-likeness (QED) is 0.792. The van der Waals surface area contributed by atoms with E-state index in [1.807, 2.05) is 35.0 Å². The predicted molar refractivity (Wildman–Crippen MR) is 92.7 cm³/mol. The number of rotatable bonds is 4. The van der Waals surface area contributed by atoms with Gasteiger partial charge in [0.05, 0.1) is 17.0 Å². The molecule has 0 unspecified atom stereocenters. The molecule has 2 aromatic carbocycles. The van der Waals surface area contributed by atoms with E-state index in [0.29, 0.717) is 18.0 Å². The van der Waals surface area contributed by atoms with E-state index in [9.17, 15) is 8.42 Å². The second-order valence-corrected chi connectivity index (χ2v) is 7.98. The maximum atomic E-state index is 13.0. The molecule has 0 amide bonds. The van der Waals surface area contributed by atoms with Gasteiger partial charge in [-0.15, -0.1) is 0 Å². The van der Waals surface area contributed by atoms with E-state index in [4.69, 9.17) is 0 Å². The van der Waals surface area contributed by atoms with E-state index >= 15 is 0 Å². The lowest BCUT2D eigenvalue weighted by molar-refractivity contribution is 0.478. The molecule has 0 saturated carbocycles. The molecule has 2 heterocycles. The second-order valence-electron chi connectivity index (χ2n) is 6.11. The summed E-state index contributed by atoms with van der Waals surface area (Å²) < 4.78 is 27.8. The Morgan fingerprint density at radius 2 is 1.83 bits per heavy atom. The van der Waals surface area contributed by atoms with Gasteiger partial charge in [-0.2, -0.15) is 5.10 Å². The molecule has 1 N–H and O–H groups in total. The molecule has 1 aromatic heterocycles. The van der Waals surface area contributed by atoms with Crippen LogP contribution in [0.4, 0.5) is 0 Å². The molecule has 3 aromatic rings. The number of fused-ring (bicyclic) bond motifs is 1. The highest BCUT2D eigenvalue weighted by Crippen LogP contribution is 2.28. The lowest BCUT2D eigenvalue weighted by Gasteiger charge is -2.10. The fourth-order valence-corrected chi connectivity index (χ4v) is 4.67. The molecular formula is C18H19N3O2S. The van der Waals surface area contributed by atoms with Crippen LogP contribution in [0.2, 0.25) is 0 Å². The maximum Gasteiger partial charge on any atom is 0.226 e. The molecule has 0 aliphatic carbocycles. The van der Waals surface area contributed by atoms with Crippen LogP contribution >= 0.6 is 0 Å². The summed E-state index contributed by atoms with van der Waals surface area (Å²) in [6.07, 6.45) is 2.24. The highest BCUT2D eigenvalue weighted by Gasteiger charge is 2.26. The summed E-state index contributed by atoms with van der Waals surface area (Å²) in [5.74, 6) is 0. The monoisotopic (exact) mass is 341 g/mol. The first-order valence-electron chi connectivity index (χ1n) is 8.15. The molecule has 0 bridgehead atoms. The van der Waals surface area contributed by atoms with E-state index in [0.717, 1.165) is 24.9 Å². The Morgan fingerprint density at radius 3 is 2.58 bits per heavy atom. The number of nitrogens with one attached hydrogen (secondary N) is 1. The van der Waals surface area contributed by atoms with Gasteiger partial charge in [-0.1, -0.05) is 30.3 Å². The minimum absolute atomic E-state index is 0.141. The van der Waals surface area contributed by atoms with Crippen LogP contribution in [0.15, 0.2) is 64.5 Å². The fourth-order valence-electron chi connectivity index (χ4n) is 3.27. The van der Waals surface area contributed by atoms with Gasteiger partial charge in [-0.25, -0.2) is 8.42 Å². The summed E-state index contributed by atoms with van der Waals surface area (Å²) in [4.78, 5) is 0.277. The van der Waals surface area contributed by atoms with Gasteiger partial charge in [0.2, 0.25) is 9.84 Å². The Morgan fingerprint density at radius 1 is 1.08 bits per heavy atom. The molecule has 4 rings (SSSR count). The van der Waals surface area contributed by atoms with E-state index in [2.05, 4.69) is 10.4 Å². The molecule has 1 atom stereocenters. The zero-order chi connectivity index (χ0) is 16.6. The molecule has 1 fully saturated rings. The Balaban J connectivity index is 1.84. The predicted octanol–water partition coefficient (Wildman–Crippen LogP) is 2.62. The smallest absolute Gasteiger partial charge is 0.226 e. The van der Waals surface area contributed by atoms with Crippen molar-refractivity contribution in [2.75, 3.05) is 6.54 Å². The number of sulfone groups is 1. The highest BCUT2D eigenvalue weighted by molar-refractivity contribution is 7.91. The normalized spacial score (nSPS) is 18.2. The van der Waals surface area contributed by atoms with Crippen molar-refractivity contribution in [3.05, 3.63) is 54.6 Å². The summed E-state index contributed by atoms with van der Waals surface area (Å²) in [6, 6.07) is 16.4. The standard InChI is InChI=1S/C18H19N3O2S/c22-24(23,15-8-2-1-3-9-15)18-16-10-4-5-11-17(16)21(20-18)13-14-7-6-12-19-14/h1-5,8-11,14,19H,6-7,12-13H2/t14-/m1/s1. The van der Waals surface area contributed by atoms with Crippen molar-refractivity contribution in [1.82, 2.24) is 15.1 Å². The minimum atomic E-state index is -3.63. The molecule has 5 nitrogen and oxygen atoms in total. The van der Waals surface area contributed by atoms with Gasteiger partial charge in [-0.05, 0) is 43.7 Å². The SMILES string of the molecule is O=S(=O)(c1ccccc1)c1nn(C[C@H]2CCCN2)c2ccccc12. The lowest BCUT2D eigenvalue weighted by atomic mass is 10.2. The van der Waals surface area contributed by atoms with Gasteiger partial charge in [0.15, 0.2) is 5.03 Å². The van der Waals surface area contributed by atoms with Crippen molar-refractivity contribution in [2.24, 2.45) is 0 Å². The molecule has 1 saturated heterocycles. The lowest BCUT2D eigenvalue weighted by Crippen LogP contribution is -2.27. The van der Waals surface area contributed by atoms with Gasteiger partial charge >= 0.3 is 0 Å². The van der Waals surface area contributed by atoms with E-state index in [1.165, 1.54) is 0 Å². The van der Waals surface area contributed by atoms with E-state index in [-0.39, 0.29) is 9.92 Å². The number of nitrogens with zero attached hydrogens (tertiary/aromatic N) is 2. The zero-order valence-electron chi connectivity index (χ0n) is 13.2. The third-order valence-corrected chi connectivity index (χ3v) is 6.19. The van der Waals surface area contributed by atoms with Crippen LogP contribution in [0.1, 0.15) is 12.8 Å². The van der Waals surface area contributed by atoms with Crippen molar-refractivity contribution < 1.29 is 8.42 Å². The van der Waals surface area contributed by atoms with Crippen LogP contribution in [0.5, 0.6) is 0 Å². The van der Waals surface area contributed by atoms with Crippen molar-refractivity contribution >= 4 is 20.7 Å². The van der Waals surface area contributed by atoms with Crippen molar-refractivity contribution in [3.8, 4) is 0 Å². The average Bonchev–Trinajstić information content (AvgIpc) is 3.25. The largest absolute Gasteiger partial charge is 0.312 e. The minimum Gasteiger partial charge on any atom is -0.312 e. The second kappa shape index (κ2) is 6.03. The summed E-state index contributed by atoms with van der Waals surface area (Å²) in [5.41, 5.74) is 0.862. The van der Waals surface area contributed by atoms with E-state index in [1.54, 1.807) is 24.3 Å². The summed E-state index contributed by atoms with van der Waals surface area (Å²) >= 11 is 0. The molecule has 124 valence electrons. The molecule has 0 radical (unpaired) electrons. The zero-order valence-corrected chi connectivity index (χ0v) is 14.0. The Bertz CT molecular complexity index is 958. The van der Waals surface area contributed by atoms with Crippen LogP contribution < -0.4 is 5.32 Å². The van der Waals surface area contributed by atoms with Crippen LogP contribution in [-0.2, 0) is 16.4 Å².